The molecular weight excluding hydrogens is 374 g/mol. The molecule has 2 heterocycles. The van der Waals surface area contributed by atoms with E-state index in [1.165, 1.54) is 18.4 Å². The van der Waals surface area contributed by atoms with Crippen molar-refractivity contribution in [2.45, 2.75) is 58.5 Å². The molecule has 1 unspecified atom stereocenters. The van der Waals surface area contributed by atoms with Crippen LogP contribution in [0.4, 0.5) is 0 Å². The zero-order valence-corrected chi connectivity index (χ0v) is 18.8. The number of piperazine rings is 1. The molecule has 0 amide bonds. The summed E-state index contributed by atoms with van der Waals surface area (Å²) in [5.74, 6) is 1.83. The normalized spacial score (nSPS) is 22.6. The van der Waals surface area contributed by atoms with Crippen LogP contribution in [0.5, 0.6) is 0 Å². The highest BCUT2D eigenvalue weighted by molar-refractivity contribution is 5.56. The van der Waals surface area contributed by atoms with Crippen molar-refractivity contribution in [2.75, 3.05) is 39.8 Å². The lowest BCUT2D eigenvalue weighted by Gasteiger charge is -2.32. The molecule has 1 aliphatic carbocycles. The van der Waals surface area contributed by atoms with Gasteiger partial charge in [0.1, 0.15) is 0 Å². The molecule has 2 fully saturated rings. The Labute approximate surface area is 180 Å². The topological polar surface area (TPSA) is 57.4 Å². The largest absolute Gasteiger partial charge is 0.396 e. The predicted octanol–water partition coefficient (Wildman–Crippen LogP) is 3.37. The lowest BCUT2D eigenvalue weighted by Crippen LogP contribution is -2.43. The van der Waals surface area contributed by atoms with E-state index in [9.17, 15) is 5.11 Å². The van der Waals surface area contributed by atoms with Gasteiger partial charge in [-0.25, -0.2) is 9.67 Å². The molecule has 1 aromatic heterocycles. The SMILES string of the molecule is CN1CCN(Cc2ccc(-c3nc(CCCO)nn3C3CCCC3(C)C)cc2)CC1. The molecule has 0 bridgehead atoms. The zero-order chi connectivity index (χ0) is 21.1. The Morgan fingerprint density at radius 2 is 1.83 bits per heavy atom. The van der Waals surface area contributed by atoms with E-state index in [4.69, 9.17) is 10.1 Å². The molecule has 2 aliphatic rings. The van der Waals surface area contributed by atoms with Gasteiger partial charge in [0.25, 0.3) is 0 Å². The standard InChI is InChI=1S/C24H37N5O/c1-24(2)12-4-6-21(24)29-23(25-22(26-29)7-5-17-30)20-10-8-19(9-11-20)18-28-15-13-27(3)14-16-28/h8-11,21,30H,4-7,12-18H2,1-3H3. The first kappa shape index (κ1) is 21.5. The van der Waals surface area contributed by atoms with E-state index in [0.717, 1.165) is 62.8 Å². The van der Waals surface area contributed by atoms with Crippen LogP contribution in [0.25, 0.3) is 11.4 Å². The molecule has 1 saturated carbocycles. The van der Waals surface area contributed by atoms with Crippen LogP contribution < -0.4 is 0 Å². The van der Waals surface area contributed by atoms with Gasteiger partial charge in [0, 0.05) is 51.3 Å². The van der Waals surface area contributed by atoms with E-state index in [-0.39, 0.29) is 12.0 Å². The summed E-state index contributed by atoms with van der Waals surface area (Å²) in [6.45, 7) is 10.5. The first-order chi connectivity index (χ1) is 14.5. The Bertz CT molecular complexity index is 821. The van der Waals surface area contributed by atoms with Crippen LogP contribution in [0.2, 0.25) is 0 Å². The number of aliphatic hydroxyl groups excluding tert-OH is 1. The number of hydrogen-bond acceptors (Lipinski definition) is 5. The van der Waals surface area contributed by atoms with Crippen LogP contribution in [0.15, 0.2) is 24.3 Å². The molecule has 1 atom stereocenters. The summed E-state index contributed by atoms with van der Waals surface area (Å²) in [4.78, 5) is 9.83. The van der Waals surface area contributed by atoms with E-state index >= 15 is 0 Å². The number of likely N-dealkylation sites (N-methyl/N-ethyl adjacent to an activating group) is 1. The van der Waals surface area contributed by atoms with Crippen LogP contribution in [0.3, 0.4) is 0 Å². The molecule has 1 N–H and O–H groups in total. The van der Waals surface area contributed by atoms with Crippen molar-refractivity contribution in [2.24, 2.45) is 5.41 Å². The second kappa shape index (κ2) is 9.16. The molecule has 1 aromatic carbocycles. The number of nitrogens with zero attached hydrogens (tertiary/aromatic N) is 5. The molecule has 0 spiro atoms. The summed E-state index contributed by atoms with van der Waals surface area (Å²) in [6.07, 6.45) is 5.07. The summed E-state index contributed by atoms with van der Waals surface area (Å²) >= 11 is 0. The average molecular weight is 412 g/mol. The highest BCUT2D eigenvalue weighted by Gasteiger charge is 2.38. The first-order valence-electron chi connectivity index (χ1n) is 11.5. The molecule has 164 valence electrons. The maximum atomic E-state index is 9.23. The lowest BCUT2D eigenvalue weighted by atomic mass is 9.87. The van der Waals surface area contributed by atoms with E-state index in [1.807, 2.05) is 0 Å². The average Bonchev–Trinajstić information content (AvgIpc) is 3.31. The number of aromatic nitrogens is 3. The summed E-state index contributed by atoms with van der Waals surface area (Å²) in [5, 5.41) is 14.1. The van der Waals surface area contributed by atoms with Gasteiger partial charge in [0.05, 0.1) is 6.04 Å². The molecule has 0 radical (unpaired) electrons. The number of aliphatic hydroxyl groups is 1. The third-order valence-electron chi connectivity index (χ3n) is 6.94. The van der Waals surface area contributed by atoms with Gasteiger partial charge in [-0.2, -0.15) is 5.10 Å². The fourth-order valence-electron chi connectivity index (χ4n) is 4.91. The molecule has 2 aromatic rings. The summed E-state index contributed by atoms with van der Waals surface area (Å²) in [7, 11) is 2.20. The maximum absolute atomic E-state index is 9.23. The van der Waals surface area contributed by atoms with Crippen molar-refractivity contribution in [3.8, 4) is 11.4 Å². The molecular formula is C24H37N5O. The van der Waals surface area contributed by atoms with Crippen molar-refractivity contribution >= 4 is 0 Å². The number of benzene rings is 1. The highest BCUT2D eigenvalue weighted by Crippen LogP contribution is 2.46. The predicted molar refractivity (Wildman–Crippen MR) is 120 cm³/mol. The Morgan fingerprint density at radius 1 is 1.10 bits per heavy atom. The van der Waals surface area contributed by atoms with Crippen LogP contribution >= 0.6 is 0 Å². The lowest BCUT2D eigenvalue weighted by molar-refractivity contribution is 0.148. The smallest absolute Gasteiger partial charge is 0.158 e. The minimum Gasteiger partial charge on any atom is -0.396 e. The second-order valence-corrected chi connectivity index (χ2v) is 9.80. The zero-order valence-electron chi connectivity index (χ0n) is 18.8. The van der Waals surface area contributed by atoms with Gasteiger partial charge >= 0.3 is 0 Å². The highest BCUT2D eigenvalue weighted by atomic mass is 16.2. The summed E-state index contributed by atoms with van der Waals surface area (Å²) in [6, 6.07) is 9.31. The van der Waals surface area contributed by atoms with E-state index in [1.54, 1.807) is 0 Å². The molecule has 4 rings (SSSR count). The van der Waals surface area contributed by atoms with Gasteiger partial charge in [-0.3, -0.25) is 4.90 Å². The second-order valence-electron chi connectivity index (χ2n) is 9.80. The van der Waals surface area contributed by atoms with Crippen molar-refractivity contribution < 1.29 is 5.11 Å². The maximum Gasteiger partial charge on any atom is 0.158 e. The minimum atomic E-state index is 0.180. The molecule has 6 nitrogen and oxygen atoms in total. The molecule has 30 heavy (non-hydrogen) atoms. The van der Waals surface area contributed by atoms with Crippen LogP contribution in [0, 0.1) is 5.41 Å². The van der Waals surface area contributed by atoms with Crippen molar-refractivity contribution in [1.82, 2.24) is 24.6 Å². The quantitative estimate of drug-likeness (QED) is 0.757. The van der Waals surface area contributed by atoms with E-state index in [2.05, 4.69) is 59.6 Å². The van der Waals surface area contributed by atoms with Crippen molar-refractivity contribution in [1.29, 1.82) is 0 Å². The van der Waals surface area contributed by atoms with E-state index < -0.39 is 0 Å². The fraction of sp³-hybridized carbons (Fsp3) is 0.667. The van der Waals surface area contributed by atoms with Gasteiger partial charge in [-0.15, -0.1) is 0 Å². The monoisotopic (exact) mass is 411 g/mol. The molecule has 1 aliphatic heterocycles. The minimum absolute atomic E-state index is 0.180. The van der Waals surface area contributed by atoms with E-state index in [0.29, 0.717) is 12.5 Å². The van der Waals surface area contributed by atoms with Gasteiger partial charge in [0.15, 0.2) is 11.6 Å². The van der Waals surface area contributed by atoms with Gasteiger partial charge in [0.2, 0.25) is 0 Å². The summed E-state index contributed by atoms with van der Waals surface area (Å²) in [5.41, 5.74) is 2.73. The Balaban J connectivity index is 1.55. The Morgan fingerprint density at radius 3 is 2.47 bits per heavy atom. The molecule has 1 saturated heterocycles. The number of hydrogen-bond donors (Lipinski definition) is 1. The van der Waals surface area contributed by atoms with Crippen LogP contribution in [0.1, 0.15) is 57.0 Å². The third-order valence-corrected chi connectivity index (χ3v) is 6.94. The number of rotatable bonds is 7. The Kier molecular flexibility index (Phi) is 6.56. The van der Waals surface area contributed by atoms with Crippen LogP contribution in [-0.2, 0) is 13.0 Å². The summed E-state index contributed by atoms with van der Waals surface area (Å²) < 4.78 is 2.19. The first-order valence-corrected chi connectivity index (χ1v) is 11.5. The van der Waals surface area contributed by atoms with Crippen molar-refractivity contribution in [3.05, 3.63) is 35.7 Å². The van der Waals surface area contributed by atoms with Crippen LogP contribution in [-0.4, -0.2) is 69.5 Å². The van der Waals surface area contributed by atoms with Gasteiger partial charge in [-0.1, -0.05) is 44.5 Å². The van der Waals surface area contributed by atoms with Gasteiger partial charge < -0.3 is 10.0 Å². The molecule has 6 heteroatoms. The third kappa shape index (κ3) is 4.76. The van der Waals surface area contributed by atoms with Crippen molar-refractivity contribution in [3.63, 3.8) is 0 Å². The fourth-order valence-corrected chi connectivity index (χ4v) is 4.91. The van der Waals surface area contributed by atoms with Gasteiger partial charge in [-0.05, 0) is 37.3 Å². The Hall–Kier alpha value is -1.76. The number of aryl methyl sites for hydroxylation is 1.